The monoisotopic (exact) mass is 392 g/mol. The second-order valence-corrected chi connectivity index (χ2v) is 5.96. The summed E-state index contributed by atoms with van der Waals surface area (Å²) in [5, 5.41) is 24.4. The number of carbonyl (C=O) groups is 5. The third-order valence-corrected chi connectivity index (χ3v) is 3.61. The number of thiol groups is 1. The van der Waals surface area contributed by atoms with Gasteiger partial charge >= 0.3 is 11.9 Å². The first kappa shape index (κ1) is 23.7. The van der Waals surface area contributed by atoms with E-state index in [0.717, 1.165) is 0 Å². The molecule has 148 valence electrons. The summed E-state index contributed by atoms with van der Waals surface area (Å²) in [6.45, 7) is 2.74. The number of hydrogen-bond acceptors (Lipinski definition) is 7. The van der Waals surface area contributed by atoms with Crippen LogP contribution in [0.1, 0.15) is 26.7 Å². The fourth-order valence-corrected chi connectivity index (χ4v) is 1.96. The zero-order valence-corrected chi connectivity index (χ0v) is 15.3. The van der Waals surface area contributed by atoms with E-state index < -0.39 is 60.2 Å². The first-order chi connectivity index (χ1) is 12.0. The van der Waals surface area contributed by atoms with Crippen LogP contribution in [0.25, 0.3) is 0 Å². The van der Waals surface area contributed by atoms with Gasteiger partial charge in [-0.1, -0.05) is 0 Å². The van der Waals surface area contributed by atoms with E-state index in [9.17, 15) is 24.0 Å². The van der Waals surface area contributed by atoms with E-state index in [1.807, 2.05) is 0 Å². The molecule has 0 aromatic heterocycles. The Labute approximate surface area is 155 Å². The van der Waals surface area contributed by atoms with Crippen LogP contribution in [-0.2, 0) is 24.0 Å². The average molecular weight is 392 g/mol. The lowest BCUT2D eigenvalue weighted by Crippen LogP contribution is -2.56. The lowest BCUT2D eigenvalue weighted by Gasteiger charge is -2.22. The molecule has 12 heteroatoms. The Hall–Kier alpha value is -2.34. The fraction of sp³-hybridized carbons (Fsp3) is 0.643. The Balaban J connectivity index is 4.75. The van der Waals surface area contributed by atoms with Gasteiger partial charge in [0.05, 0.1) is 6.04 Å². The van der Waals surface area contributed by atoms with Crippen molar-refractivity contribution in [1.82, 2.24) is 16.0 Å². The molecule has 7 N–H and O–H groups in total. The maximum Gasteiger partial charge on any atom is 0.326 e. The average Bonchev–Trinajstić information content (AvgIpc) is 2.54. The molecule has 0 fully saturated rings. The van der Waals surface area contributed by atoms with Crippen molar-refractivity contribution in [2.24, 2.45) is 5.73 Å². The lowest BCUT2D eigenvalue weighted by molar-refractivity contribution is -0.143. The van der Waals surface area contributed by atoms with Crippen molar-refractivity contribution < 1.29 is 34.2 Å². The summed E-state index contributed by atoms with van der Waals surface area (Å²) in [4.78, 5) is 57.2. The number of amides is 3. The van der Waals surface area contributed by atoms with Gasteiger partial charge in [-0.2, -0.15) is 12.6 Å². The Kier molecular flexibility index (Phi) is 10.3. The Bertz CT molecular complexity index is 555. The SMILES string of the molecule is CC(N)C(=O)NC(CS)C(=O)NC(C)C(=O)NC(CCC(=O)O)C(=O)O. The quantitative estimate of drug-likeness (QED) is 0.191. The van der Waals surface area contributed by atoms with E-state index in [1.54, 1.807) is 0 Å². The second-order valence-electron chi connectivity index (χ2n) is 5.59. The molecule has 0 aromatic rings. The minimum absolute atomic E-state index is 0.0466. The van der Waals surface area contributed by atoms with Gasteiger partial charge in [-0.05, 0) is 20.3 Å². The minimum Gasteiger partial charge on any atom is -0.481 e. The third-order valence-electron chi connectivity index (χ3n) is 3.24. The van der Waals surface area contributed by atoms with E-state index in [0.29, 0.717) is 0 Å². The standard InChI is InChI=1S/C14H24N4O7S/c1-6(15)11(21)18-9(5-26)13(23)16-7(2)12(22)17-8(14(24)25)3-4-10(19)20/h6-9,26H,3-5,15H2,1-2H3,(H,16,23)(H,17,22)(H,18,21)(H,19,20)(H,24,25). The molecule has 0 saturated heterocycles. The van der Waals surface area contributed by atoms with E-state index in [4.69, 9.17) is 15.9 Å². The third kappa shape index (κ3) is 8.67. The van der Waals surface area contributed by atoms with Gasteiger partial charge < -0.3 is 31.9 Å². The molecule has 0 bridgehead atoms. The number of nitrogens with two attached hydrogens (primary N) is 1. The molecule has 0 aliphatic heterocycles. The van der Waals surface area contributed by atoms with Crippen LogP contribution in [0.3, 0.4) is 0 Å². The van der Waals surface area contributed by atoms with Crippen LogP contribution in [0.2, 0.25) is 0 Å². The summed E-state index contributed by atoms with van der Waals surface area (Å²) >= 11 is 3.95. The molecule has 0 rings (SSSR count). The number of rotatable bonds is 11. The summed E-state index contributed by atoms with van der Waals surface area (Å²) in [5.41, 5.74) is 5.39. The van der Waals surface area contributed by atoms with E-state index in [-0.39, 0.29) is 12.2 Å². The van der Waals surface area contributed by atoms with E-state index in [2.05, 4.69) is 28.6 Å². The number of aliphatic carboxylic acids is 2. The van der Waals surface area contributed by atoms with Crippen LogP contribution in [0.15, 0.2) is 0 Å². The van der Waals surface area contributed by atoms with Crippen LogP contribution in [-0.4, -0.2) is 69.8 Å². The van der Waals surface area contributed by atoms with Crippen molar-refractivity contribution in [2.45, 2.75) is 50.9 Å². The predicted molar refractivity (Wildman–Crippen MR) is 93.5 cm³/mol. The molecule has 0 spiro atoms. The Morgan fingerprint density at radius 3 is 1.88 bits per heavy atom. The summed E-state index contributed by atoms with van der Waals surface area (Å²) in [7, 11) is 0. The largest absolute Gasteiger partial charge is 0.481 e. The summed E-state index contributed by atoms with van der Waals surface area (Å²) in [6, 6.07) is -4.40. The molecule has 0 aromatic carbocycles. The van der Waals surface area contributed by atoms with Crippen molar-refractivity contribution in [3.63, 3.8) is 0 Å². The highest BCUT2D eigenvalue weighted by Crippen LogP contribution is 2.00. The van der Waals surface area contributed by atoms with Crippen LogP contribution < -0.4 is 21.7 Å². The van der Waals surface area contributed by atoms with E-state index in [1.165, 1.54) is 13.8 Å². The second kappa shape index (κ2) is 11.3. The zero-order chi connectivity index (χ0) is 20.4. The number of carboxylic acid groups (broad SMARTS) is 2. The van der Waals surface area contributed by atoms with Gasteiger partial charge in [0.1, 0.15) is 18.1 Å². The highest BCUT2D eigenvalue weighted by molar-refractivity contribution is 7.80. The highest BCUT2D eigenvalue weighted by Gasteiger charge is 2.27. The van der Waals surface area contributed by atoms with Gasteiger partial charge in [0.25, 0.3) is 0 Å². The van der Waals surface area contributed by atoms with Crippen molar-refractivity contribution in [1.29, 1.82) is 0 Å². The maximum absolute atomic E-state index is 12.1. The first-order valence-electron chi connectivity index (χ1n) is 7.71. The van der Waals surface area contributed by atoms with Crippen LogP contribution in [0, 0.1) is 0 Å². The Morgan fingerprint density at radius 1 is 0.923 bits per heavy atom. The molecule has 4 atom stereocenters. The van der Waals surface area contributed by atoms with Gasteiger partial charge in [0, 0.05) is 12.2 Å². The minimum atomic E-state index is -1.41. The van der Waals surface area contributed by atoms with Gasteiger partial charge in [-0.3, -0.25) is 19.2 Å². The van der Waals surface area contributed by atoms with Crippen molar-refractivity contribution in [3.05, 3.63) is 0 Å². The van der Waals surface area contributed by atoms with Crippen LogP contribution in [0.4, 0.5) is 0 Å². The topological polar surface area (TPSA) is 188 Å². The molecule has 0 saturated carbocycles. The molecule has 0 aliphatic carbocycles. The number of nitrogens with one attached hydrogen (secondary N) is 3. The van der Waals surface area contributed by atoms with Gasteiger partial charge in [0.2, 0.25) is 17.7 Å². The molecular weight excluding hydrogens is 368 g/mol. The normalized spacial score (nSPS) is 15.1. The first-order valence-corrected chi connectivity index (χ1v) is 8.35. The van der Waals surface area contributed by atoms with Crippen molar-refractivity contribution >= 4 is 42.3 Å². The lowest BCUT2D eigenvalue weighted by atomic mass is 10.1. The maximum atomic E-state index is 12.1. The van der Waals surface area contributed by atoms with Crippen molar-refractivity contribution in [2.75, 3.05) is 5.75 Å². The Morgan fingerprint density at radius 2 is 1.46 bits per heavy atom. The number of carboxylic acids is 2. The van der Waals surface area contributed by atoms with Gasteiger partial charge in [-0.25, -0.2) is 4.79 Å². The molecule has 4 unspecified atom stereocenters. The number of carbonyl (C=O) groups excluding carboxylic acids is 3. The summed E-state index contributed by atoms with van der Waals surface area (Å²) in [5.74, 6) is -4.73. The number of hydrogen-bond donors (Lipinski definition) is 7. The van der Waals surface area contributed by atoms with Crippen molar-refractivity contribution in [3.8, 4) is 0 Å². The predicted octanol–water partition coefficient (Wildman–Crippen LogP) is -2.31. The van der Waals surface area contributed by atoms with Crippen LogP contribution >= 0.6 is 12.6 Å². The molecule has 3 amide bonds. The molecule has 26 heavy (non-hydrogen) atoms. The summed E-state index contributed by atoms with van der Waals surface area (Å²) in [6.07, 6.45) is -0.746. The van der Waals surface area contributed by atoms with E-state index >= 15 is 0 Å². The molecule has 0 radical (unpaired) electrons. The molecule has 0 heterocycles. The molecular formula is C14H24N4O7S. The molecule has 11 nitrogen and oxygen atoms in total. The summed E-state index contributed by atoms with van der Waals surface area (Å²) < 4.78 is 0. The smallest absolute Gasteiger partial charge is 0.326 e. The molecule has 0 aliphatic rings. The highest BCUT2D eigenvalue weighted by atomic mass is 32.1. The fourth-order valence-electron chi connectivity index (χ4n) is 1.70. The zero-order valence-electron chi connectivity index (χ0n) is 14.4. The van der Waals surface area contributed by atoms with Crippen LogP contribution in [0.5, 0.6) is 0 Å². The van der Waals surface area contributed by atoms with Gasteiger partial charge in [0.15, 0.2) is 0 Å². The van der Waals surface area contributed by atoms with Gasteiger partial charge in [-0.15, -0.1) is 0 Å².